The predicted octanol–water partition coefficient (Wildman–Crippen LogP) is 2.58. The standard InChI is InChI=1S/C14H20ClN3O2S/c1-10-6-4-7-12-13(10)18(14(17-12)11(2)15)9-5-8-16-21(3,19)20/h4,6-7,11,16H,5,8-9H2,1-3H3. The second kappa shape index (κ2) is 6.34. The van der Waals surface area contributed by atoms with Crippen molar-refractivity contribution in [3.8, 4) is 0 Å². The Balaban J connectivity index is 2.26. The summed E-state index contributed by atoms with van der Waals surface area (Å²) in [6, 6.07) is 5.98. The zero-order valence-electron chi connectivity index (χ0n) is 12.4. The van der Waals surface area contributed by atoms with Gasteiger partial charge in [-0.3, -0.25) is 0 Å². The molecule has 0 aliphatic rings. The summed E-state index contributed by atoms with van der Waals surface area (Å²) in [5.74, 6) is 0.820. The van der Waals surface area contributed by atoms with Crippen LogP contribution in [0.4, 0.5) is 0 Å². The third-order valence-corrected chi connectivity index (χ3v) is 4.20. The molecule has 7 heteroatoms. The molecular formula is C14H20ClN3O2S. The lowest BCUT2D eigenvalue weighted by Crippen LogP contribution is -2.24. The monoisotopic (exact) mass is 329 g/mol. The Morgan fingerprint density at radius 2 is 2.14 bits per heavy atom. The van der Waals surface area contributed by atoms with Crippen LogP contribution in [0.15, 0.2) is 18.2 Å². The third kappa shape index (κ3) is 3.96. The van der Waals surface area contributed by atoms with Crippen LogP contribution in [0.3, 0.4) is 0 Å². The number of imidazole rings is 1. The van der Waals surface area contributed by atoms with Gasteiger partial charge in [-0.1, -0.05) is 12.1 Å². The maximum Gasteiger partial charge on any atom is 0.208 e. The van der Waals surface area contributed by atoms with E-state index in [1.165, 1.54) is 0 Å². The fraction of sp³-hybridized carbons (Fsp3) is 0.500. The van der Waals surface area contributed by atoms with Crippen LogP contribution >= 0.6 is 11.6 Å². The van der Waals surface area contributed by atoms with E-state index in [2.05, 4.69) is 14.3 Å². The van der Waals surface area contributed by atoms with Gasteiger partial charge in [-0.05, 0) is 31.9 Å². The van der Waals surface area contributed by atoms with Crippen molar-refractivity contribution in [3.05, 3.63) is 29.6 Å². The first-order chi connectivity index (χ1) is 9.79. The minimum atomic E-state index is -3.14. The smallest absolute Gasteiger partial charge is 0.208 e. The van der Waals surface area contributed by atoms with Gasteiger partial charge < -0.3 is 4.57 Å². The van der Waals surface area contributed by atoms with Gasteiger partial charge in [-0.2, -0.15) is 0 Å². The highest BCUT2D eigenvalue weighted by atomic mass is 35.5. The maximum absolute atomic E-state index is 11.1. The molecule has 5 nitrogen and oxygen atoms in total. The number of fused-ring (bicyclic) bond motifs is 1. The van der Waals surface area contributed by atoms with Crippen LogP contribution in [0.25, 0.3) is 11.0 Å². The topological polar surface area (TPSA) is 64.0 Å². The molecule has 0 aliphatic carbocycles. The van der Waals surface area contributed by atoms with Crippen LogP contribution < -0.4 is 4.72 Å². The average Bonchev–Trinajstić information content (AvgIpc) is 2.74. The predicted molar refractivity (Wildman–Crippen MR) is 86.2 cm³/mol. The summed E-state index contributed by atoms with van der Waals surface area (Å²) in [4.78, 5) is 4.59. The number of aryl methyl sites for hydroxylation is 2. The number of nitrogens with zero attached hydrogens (tertiary/aromatic N) is 2. The number of hydrogen-bond donors (Lipinski definition) is 1. The highest BCUT2D eigenvalue weighted by Crippen LogP contribution is 2.26. The van der Waals surface area contributed by atoms with Crippen molar-refractivity contribution in [2.24, 2.45) is 0 Å². The molecule has 0 radical (unpaired) electrons. The molecule has 1 heterocycles. The van der Waals surface area contributed by atoms with Crippen LogP contribution in [0.2, 0.25) is 0 Å². The Morgan fingerprint density at radius 1 is 1.43 bits per heavy atom. The van der Waals surface area contributed by atoms with Gasteiger partial charge in [0, 0.05) is 13.1 Å². The van der Waals surface area contributed by atoms with Crippen molar-refractivity contribution in [1.82, 2.24) is 14.3 Å². The Kier molecular flexibility index (Phi) is 4.91. The maximum atomic E-state index is 11.1. The van der Waals surface area contributed by atoms with Crippen molar-refractivity contribution >= 4 is 32.7 Å². The van der Waals surface area contributed by atoms with E-state index in [0.717, 1.165) is 28.7 Å². The summed E-state index contributed by atoms with van der Waals surface area (Å²) in [7, 11) is -3.14. The molecule has 0 bridgehead atoms. The lowest BCUT2D eigenvalue weighted by Gasteiger charge is -2.11. The van der Waals surface area contributed by atoms with Gasteiger partial charge in [-0.15, -0.1) is 11.6 Å². The fourth-order valence-electron chi connectivity index (χ4n) is 2.41. The number of aromatic nitrogens is 2. The van der Waals surface area contributed by atoms with E-state index < -0.39 is 10.0 Å². The van der Waals surface area contributed by atoms with Crippen LogP contribution in [-0.2, 0) is 16.6 Å². The molecule has 0 spiro atoms. The molecular weight excluding hydrogens is 310 g/mol. The first kappa shape index (κ1) is 16.3. The van der Waals surface area contributed by atoms with E-state index in [1.54, 1.807) is 0 Å². The summed E-state index contributed by atoms with van der Waals surface area (Å²) in [6.45, 7) is 5.01. The molecule has 1 atom stereocenters. The number of hydrogen-bond acceptors (Lipinski definition) is 3. The molecule has 0 saturated heterocycles. The van der Waals surface area contributed by atoms with Gasteiger partial charge in [0.2, 0.25) is 10.0 Å². The first-order valence-electron chi connectivity index (χ1n) is 6.84. The van der Waals surface area contributed by atoms with Crippen molar-refractivity contribution in [1.29, 1.82) is 0 Å². The summed E-state index contributed by atoms with van der Waals surface area (Å²) >= 11 is 6.22. The molecule has 116 valence electrons. The Bertz CT molecular complexity index is 738. The number of para-hydroxylation sites is 1. The quantitative estimate of drug-likeness (QED) is 0.654. The van der Waals surface area contributed by atoms with Gasteiger partial charge in [0.25, 0.3) is 0 Å². The Hall–Kier alpha value is -1.11. The average molecular weight is 330 g/mol. The van der Waals surface area contributed by atoms with E-state index >= 15 is 0 Å². The Labute approximate surface area is 130 Å². The van der Waals surface area contributed by atoms with Crippen molar-refractivity contribution in [2.45, 2.75) is 32.2 Å². The van der Waals surface area contributed by atoms with Crippen LogP contribution in [-0.4, -0.2) is 30.8 Å². The number of alkyl halides is 1. The minimum Gasteiger partial charge on any atom is -0.326 e. The zero-order chi connectivity index (χ0) is 15.6. The number of benzene rings is 1. The summed E-state index contributed by atoms with van der Waals surface area (Å²) in [5, 5.41) is -0.195. The van der Waals surface area contributed by atoms with Gasteiger partial charge in [0.15, 0.2) is 0 Å². The highest BCUT2D eigenvalue weighted by molar-refractivity contribution is 7.88. The molecule has 2 aromatic rings. The molecule has 1 aromatic heterocycles. The summed E-state index contributed by atoms with van der Waals surface area (Å²) in [6.07, 6.45) is 1.85. The number of sulfonamides is 1. The zero-order valence-corrected chi connectivity index (χ0v) is 14.0. The van der Waals surface area contributed by atoms with E-state index in [1.807, 2.05) is 32.0 Å². The van der Waals surface area contributed by atoms with Crippen molar-refractivity contribution in [2.75, 3.05) is 12.8 Å². The molecule has 1 N–H and O–H groups in total. The number of halogens is 1. The molecule has 1 aromatic carbocycles. The van der Waals surface area contributed by atoms with Gasteiger partial charge >= 0.3 is 0 Å². The molecule has 0 fully saturated rings. The second-order valence-electron chi connectivity index (χ2n) is 5.20. The lowest BCUT2D eigenvalue weighted by atomic mass is 10.2. The van der Waals surface area contributed by atoms with E-state index in [4.69, 9.17) is 11.6 Å². The molecule has 0 saturated carbocycles. The lowest BCUT2D eigenvalue weighted by molar-refractivity contribution is 0.573. The van der Waals surface area contributed by atoms with Crippen molar-refractivity contribution < 1.29 is 8.42 Å². The summed E-state index contributed by atoms with van der Waals surface area (Å²) in [5.41, 5.74) is 3.13. The first-order valence-corrected chi connectivity index (χ1v) is 9.17. The molecule has 0 aliphatic heterocycles. The fourth-order valence-corrected chi connectivity index (χ4v) is 3.09. The molecule has 1 unspecified atom stereocenters. The minimum absolute atomic E-state index is 0.195. The second-order valence-corrected chi connectivity index (χ2v) is 7.69. The summed E-state index contributed by atoms with van der Waals surface area (Å²) < 4.78 is 26.8. The van der Waals surface area contributed by atoms with Crippen LogP contribution in [0.1, 0.15) is 30.1 Å². The van der Waals surface area contributed by atoms with Crippen LogP contribution in [0, 0.1) is 6.92 Å². The van der Waals surface area contributed by atoms with E-state index in [0.29, 0.717) is 19.5 Å². The van der Waals surface area contributed by atoms with Gasteiger partial charge in [-0.25, -0.2) is 18.1 Å². The van der Waals surface area contributed by atoms with E-state index in [9.17, 15) is 8.42 Å². The molecule has 2 rings (SSSR count). The molecule has 0 amide bonds. The van der Waals surface area contributed by atoms with Crippen LogP contribution in [0.5, 0.6) is 0 Å². The van der Waals surface area contributed by atoms with Gasteiger partial charge in [0.05, 0.1) is 22.7 Å². The number of nitrogens with one attached hydrogen (secondary N) is 1. The van der Waals surface area contributed by atoms with E-state index in [-0.39, 0.29) is 5.38 Å². The normalized spacial score (nSPS) is 13.7. The molecule has 21 heavy (non-hydrogen) atoms. The SMILES string of the molecule is Cc1cccc2nc(C(C)Cl)n(CCCNS(C)(=O)=O)c12. The third-order valence-electron chi connectivity index (χ3n) is 3.28. The number of rotatable bonds is 6. The van der Waals surface area contributed by atoms with Gasteiger partial charge in [0.1, 0.15) is 5.82 Å². The highest BCUT2D eigenvalue weighted by Gasteiger charge is 2.15. The Morgan fingerprint density at radius 3 is 2.76 bits per heavy atom. The van der Waals surface area contributed by atoms with Crippen molar-refractivity contribution in [3.63, 3.8) is 0 Å². The largest absolute Gasteiger partial charge is 0.326 e.